The van der Waals surface area contributed by atoms with E-state index in [9.17, 15) is 19.1 Å². The highest BCUT2D eigenvalue weighted by Crippen LogP contribution is 2.19. The Morgan fingerprint density at radius 1 is 1.26 bits per heavy atom. The van der Waals surface area contributed by atoms with Gasteiger partial charge in [0.25, 0.3) is 0 Å². The molecule has 0 aliphatic rings. The summed E-state index contributed by atoms with van der Waals surface area (Å²) in [5.74, 6) is -2.15. The second kappa shape index (κ2) is 9.25. The van der Waals surface area contributed by atoms with Crippen LogP contribution in [-0.2, 0) is 16.0 Å². The standard InChI is InChI=1S/C17H24FN2O3/c1-11(16(19)22)5-7-13(17(20)23)10-15(21)8-6-12-3-2-4-14(18)9-12/h2-4,8-9,11,13,15,21H,5-7,10H2,1H3,(H2,19,22)(H2,20,23)/t11?,13-,15+/m1/s1. The number of carbonyl (C=O) groups excluding carboxylic acids is 2. The number of benzene rings is 1. The molecule has 0 saturated heterocycles. The van der Waals surface area contributed by atoms with Crippen molar-refractivity contribution in [1.29, 1.82) is 0 Å². The van der Waals surface area contributed by atoms with E-state index in [-0.39, 0.29) is 18.2 Å². The molecule has 1 aromatic rings. The first kappa shape index (κ1) is 19.1. The molecule has 0 heterocycles. The molecule has 0 spiro atoms. The van der Waals surface area contributed by atoms with E-state index in [1.54, 1.807) is 25.5 Å². The van der Waals surface area contributed by atoms with Crippen LogP contribution in [0.3, 0.4) is 0 Å². The average molecular weight is 323 g/mol. The van der Waals surface area contributed by atoms with Gasteiger partial charge in [-0.05, 0) is 49.8 Å². The van der Waals surface area contributed by atoms with E-state index in [1.165, 1.54) is 12.1 Å². The van der Waals surface area contributed by atoms with E-state index >= 15 is 0 Å². The smallest absolute Gasteiger partial charge is 0.220 e. The van der Waals surface area contributed by atoms with Gasteiger partial charge in [0.15, 0.2) is 0 Å². The highest BCUT2D eigenvalue weighted by atomic mass is 19.1. The second-order valence-electron chi connectivity index (χ2n) is 5.85. The monoisotopic (exact) mass is 323 g/mol. The molecule has 1 aromatic carbocycles. The summed E-state index contributed by atoms with van der Waals surface area (Å²) < 4.78 is 13.1. The molecule has 1 unspecified atom stereocenters. The van der Waals surface area contributed by atoms with E-state index in [0.717, 1.165) is 5.56 Å². The van der Waals surface area contributed by atoms with Crippen LogP contribution in [0.4, 0.5) is 4.39 Å². The Balaban J connectivity index is 2.46. The number of hydrogen-bond acceptors (Lipinski definition) is 3. The first-order valence-corrected chi connectivity index (χ1v) is 7.64. The van der Waals surface area contributed by atoms with Crippen molar-refractivity contribution in [3.63, 3.8) is 0 Å². The molecular formula is C17H24FN2O3. The highest BCUT2D eigenvalue weighted by molar-refractivity contribution is 5.77. The minimum absolute atomic E-state index is 0.177. The Labute approximate surface area is 135 Å². The Kier molecular flexibility index (Phi) is 7.68. The van der Waals surface area contributed by atoms with E-state index in [1.807, 2.05) is 0 Å². The van der Waals surface area contributed by atoms with Crippen LogP contribution in [0, 0.1) is 24.1 Å². The van der Waals surface area contributed by atoms with Crippen molar-refractivity contribution in [3.8, 4) is 0 Å². The highest BCUT2D eigenvalue weighted by Gasteiger charge is 2.21. The molecule has 23 heavy (non-hydrogen) atoms. The SMILES string of the molecule is CC(CC[C@H](C[C@@H](O)[CH]Cc1cccc(F)c1)C(N)=O)C(N)=O. The van der Waals surface area contributed by atoms with Crippen molar-refractivity contribution >= 4 is 11.8 Å². The van der Waals surface area contributed by atoms with Gasteiger partial charge < -0.3 is 16.6 Å². The quantitative estimate of drug-likeness (QED) is 0.604. The number of aliphatic hydroxyl groups excluding tert-OH is 1. The normalized spacial score (nSPS) is 14.9. The van der Waals surface area contributed by atoms with Gasteiger partial charge in [-0.15, -0.1) is 0 Å². The predicted molar refractivity (Wildman–Crippen MR) is 85.3 cm³/mol. The van der Waals surface area contributed by atoms with Crippen LogP contribution >= 0.6 is 0 Å². The van der Waals surface area contributed by atoms with Gasteiger partial charge in [0.1, 0.15) is 5.82 Å². The second-order valence-corrected chi connectivity index (χ2v) is 5.85. The molecule has 3 atom stereocenters. The average Bonchev–Trinajstić information content (AvgIpc) is 2.48. The van der Waals surface area contributed by atoms with Gasteiger partial charge in [-0.25, -0.2) is 4.39 Å². The Bertz CT molecular complexity index is 536. The molecular weight excluding hydrogens is 299 g/mol. The zero-order chi connectivity index (χ0) is 17.4. The molecule has 0 saturated carbocycles. The molecule has 0 fully saturated rings. The van der Waals surface area contributed by atoms with Crippen LogP contribution in [-0.4, -0.2) is 23.0 Å². The van der Waals surface area contributed by atoms with Gasteiger partial charge in [0, 0.05) is 11.8 Å². The third-order valence-corrected chi connectivity index (χ3v) is 3.88. The topological polar surface area (TPSA) is 106 Å². The van der Waals surface area contributed by atoms with Gasteiger partial charge in [-0.1, -0.05) is 19.1 Å². The van der Waals surface area contributed by atoms with Crippen molar-refractivity contribution in [3.05, 3.63) is 42.1 Å². The van der Waals surface area contributed by atoms with Gasteiger partial charge >= 0.3 is 0 Å². The summed E-state index contributed by atoms with van der Waals surface area (Å²) in [6.45, 7) is 1.69. The third-order valence-electron chi connectivity index (χ3n) is 3.88. The molecule has 1 rings (SSSR count). The number of hydrogen-bond donors (Lipinski definition) is 3. The molecule has 127 valence electrons. The van der Waals surface area contributed by atoms with Gasteiger partial charge in [-0.3, -0.25) is 9.59 Å². The molecule has 0 bridgehead atoms. The number of nitrogens with two attached hydrogens (primary N) is 2. The maximum atomic E-state index is 13.1. The molecule has 2 amide bonds. The minimum Gasteiger partial charge on any atom is -0.393 e. The molecule has 0 aliphatic carbocycles. The fourth-order valence-corrected chi connectivity index (χ4v) is 2.29. The molecule has 0 aromatic heterocycles. The third kappa shape index (κ3) is 7.23. The minimum atomic E-state index is -0.834. The fourth-order valence-electron chi connectivity index (χ4n) is 2.29. The maximum Gasteiger partial charge on any atom is 0.220 e. The Morgan fingerprint density at radius 3 is 2.52 bits per heavy atom. The van der Waals surface area contributed by atoms with Crippen LogP contribution in [0.15, 0.2) is 24.3 Å². The lowest BCUT2D eigenvalue weighted by Crippen LogP contribution is -2.29. The van der Waals surface area contributed by atoms with E-state index in [0.29, 0.717) is 19.3 Å². The van der Waals surface area contributed by atoms with Gasteiger partial charge in [0.05, 0.1) is 6.10 Å². The van der Waals surface area contributed by atoms with Gasteiger partial charge in [-0.2, -0.15) is 0 Å². The molecule has 0 aliphatic heterocycles. The molecule has 5 nitrogen and oxygen atoms in total. The van der Waals surface area contributed by atoms with Crippen molar-refractivity contribution in [2.24, 2.45) is 23.3 Å². The molecule has 1 radical (unpaired) electrons. The summed E-state index contributed by atoms with van der Waals surface area (Å²) in [6, 6.07) is 6.10. The number of carbonyl (C=O) groups is 2. The summed E-state index contributed by atoms with van der Waals surface area (Å²) in [5, 5.41) is 10.0. The van der Waals surface area contributed by atoms with E-state index in [2.05, 4.69) is 0 Å². The largest absolute Gasteiger partial charge is 0.393 e. The molecule has 5 N–H and O–H groups in total. The summed E-state index contributed by atoms with van der Waals surface area (Å²) in [7, 11) is 0. The summed E-state index contributed by atoms with van der Waals surface area (Å²) >= 11 is 0. The lowest BCUT2D eigenvalue weighted by Gasteiger charge is -2.18. The summed E-state index contributed by atoms with van der Waals surface area (Å²) in [4.78, 5) is 22.5. The number of aliphatic hydroxyl groups is 1. The lowest BCUT2D eigenvalue weighted by atomic mass is 9.90. The summed E-state index contributed by atoms with van der Waals surface area (Å²) in [6.07, 6.45) is 2.18. The zero-order valence-electron chi connectivity index (χ0n) is 13.2. The van der Waals surface area contributed by atoms with Gasteiger partial charge in [0.2, 0.25) is 11.8 Å². The number of halogens is 1. The first-order chi connectivity index (χ1) is 10.8. The van der Waals surface area contributed by atoms with Crippen LogP contribution in [0.1, 0.15) is 31.7 Å². The number of amides is 2. The lowest BCUT2D eigenvalue weighted by molar-refractivity contribution is -0.124. The Hall–Kier alpha value is -1.95. The van der Waals surface area contributed by atoms with Crippen LogP contribution in [0.2, 0.25) is 0 Å². The number of rotatable bonds is 10. The number of primary amides is 2. The van der Waals surface area contributed by atoms with Crippen molar-refractivity contribution in [2.75, 3.05) is 0 Å². The van der Waals surface area contributed by atoms with E-state index in [4.69, 9.17) is 11.5 Å². The van der Waals surface area contributed by atoms with Crippen molar-refractivity contribution < 1.29 is 19.1 Å². The van der Waals surface area contributed by atoms with Crippen molar-refractivity contribution in [2.45, 2.75) is 38.7 Å². The van der Waals surface area contributed by atoms with Crippen LogP contribution < -0.4 is 11.5 Å². The first-order valence-electron chi connectivity index (χ1n) is 7.64. The summed E-state index contributed by atoms with van der Waals surface area (Å²) in [5.41, 5.74) is 11.3. The Morgan fingerprint density at radius 2 is 1.96 bits per heavy atom. The maximum absolute atomic E-state index is 13.1. The van der Waals surface area contributed by atoms with Crippen molar-refractivity contribution in [1.82, 2.24) is 0 Å². The zero-order valence-corrected chi connectivity index (χ0v) is 13.2. The fraction of sp³-hybridized carbons (Fsp3) is 0.471. The van der Waals surface area contributed by atoms with Crippen LogP contribution in [0.25, 0.3) is 0 Å². The van der Waals surface area contributed by atoms with Crippen LogP contribution in [0.5, 0.6) is 0 Å². The van der Waals surface area contributed by atoms with E-state index < -0.39 is 23.8 Å². The predicted octanol–water partition coefficient (Wildman–Crippen LogP) is 1.33. The molecule has 6 heteroatoms.